The largest absolute Gasteiger partial charge is 0.395 e. The number of carbonyl (C=O) groups excluding carboxylic acids is 1. The van der Waals surface area contributed by atoms with Gasteiger partial charge in [0.05, 0.1) is 6.61 Å². The lowest BCUT2D eigenvalue weighted by molar-refractivity contribution is -0.134. The van der Waals surface area contributed by atoms with Crippen molar-refractivity contribution in [1.82, 2.24) is 14.5 Å². The summed E-state index contributed by atoms with van der Waals surface area (Å²) in [5, 5.41) is 8.88. The molecule has 100 valence electrons. The highest BCUT2D eigenvalue weighted by molar-refractivity contribution is 5.76. The summed E-state index contributed by atoms with van der Waals surface area (Å²) in [5.41, 5.74) is -1.12. The summed E-state index contributed by atoms with van der Waals surface area (Å²) in [4.78, 5) is 37.8. The zero-order chi connectivity index (χ0) is 13.7. The Morgan fingerprint density at radius 1 is 1.50 bits per heavy atom. The van der Waals surface area contributed by atoms with Gasteiger partial charge in [0.1, 0.15) is 6.54 Å². The molecule has 0 bridgehead atoms. The van der Waals surface area contributed by atoms with Gasteiger partial charge in [-0.25, -0.2) is 4.79 Å². The van der Waals surface area contributed by atoms with Crippen molar-refractivity contribution in [3.8, 4) is 0 Å². The molecule has 1 amide bonds. The number of nitrogens with one attached hydrogen (secondary N) is 1. The van der Waals surface area contributed by atoms with Gasteiger partial charge in [-0.15, -0.1) is 0 Å². The minimum atomic E-state index is -0.622. The molecule has 0 saturated heterocycles. The van der Waals surface area contributed by atoms with Crippen molar-refractivity contribution < 1.29 is 9.90 Å². The highest BCUT2D eigenvalue weighted by atomic mass is 16.3. The highest BCUT2D eigenvalue weighted by Crippen LogP contribution is 1.99. The number of aromatic nitrogens is 2. The average Bonchev–Trinajstić information content (AvgIpc) is 2.29. The first-order valence-electron chi connectivity index (χ1n) is 5.65. The van der Waals surface area contributed by atoms with Crippen LogP contribution in [0.4, 0.5) is 0 Å². The van der Waals surface area contributed by atoms with Crippen molar-refractivity contribution in [3.05, 3.63) is 33.1 Å². The number of hydrogen-bond donors (Lipinski definition) is 2. The molecule has 0 unspecified atom stereocenters. The van der Waals surface area contributed by atoms with Crippen LogP contribution >= 0.6 is 0 Å². The second-order valence-electron chi connectivity index (χ2n) is 4.14. The van der Waals surface area contributed by atoms with Crippen LogP contribution in [0.2, 0.25) is 0 Å². The predicted octanol–water partition coefficient (Wildman–Crippen LogP) is -1.23. The van der Waals surface area contributed by atoms with Crippen LogP contribution < -0.4 is 11.2 Å². The van der Waals surface area contributed by atoms with Gasteiger partial charge in [0.25, 0.3) is 5.56 Å². The molecule has 7 heteroatoms. The molecule has 0 fully saturated rings. The smallest absolute Gasteiger partial charge is 0.328 e. The van der Waals surface area contributed by atoms with Crippen LogP contribution in [0.5, 0.6) is 0 Å². The third-order valence-electron chi connectivity index (χ3n) is 2.49. The topological polar surface area (TPSA) is 95.4 Å². The second kappa shape index (κ2) is 6.15. The molecule has 0 aliphatic rings. The summed E-state index contributed by atoms with van der Waals surface area (Å²) < 4.78 is 1.12. The first-order chi connectivity index (χ1) is 8.45. The van der Waals surface area contributed by atoms with Crippen LogP contribution in [0.3, 0.4) is 0 Å². The summed E-state index contributed by atoms with van der Waals surface area (Å²) in [6, 6.07) is 1.11. The first-order valence-corrected chi connectivity index (χ1v) is 5.65. The van der Waals surface area contributed by atoms with E-state index in [0.717, 1.165) is 4.57 Å². The van der Waals surface area contributed by atoms with E-state index in [1.807, 2.05) is 13.8 Å². The molecule has 0 aliphatic heterocycles. The maximum absolute atomic E-state index is 11.9. The lowest BCUT2D eigenvalue weighted by atomic mass is 10.3. The molecule has 2 N–H and O–H groups in total. The van der Waals surface area contributed by atoms with E-state index in [-0.39, 0.29) is 31.6 Å². The van der Waals surface area contributed by atoms with Crippen molar-refractivity contribution in [2.24, 2.45) is 0 Å². The Morgan fingerprint density at radius 3 is 2.67 bits per heavy atom. The number of aliphatic hydroxyl groups is 1. The van der Waals surface area contributed by atoms with Gasteiger partial charge >= 0.3 is 5.69 Å². The van der Waals surface area contributed by atoms with Crippen molar-refractivity contribution in [2.75, 3.05) is 13.2 Å². The van der Waals surface area contributed by atoms with Gasteiger partial charge < -0.3 is 10.0 Å². The summed E-state index contributed by atoms with van der Waals surface area (Å²) in [5.74, 6) is -0.284. The maximum Gasteiger partial charge on any atom is 0.328 e. The normalized spacial score (nSPS) is 10.7. The van der Waals surface area contributed by atoms with Crippen LogP contribution in [0.25, 0.3) is 0 Å². The van der Waals surface area contributed by atoms with Gasteiger partial charge in [0.2, 0.25) is 5.91 Å². The highest BCUT2D eigenvalue weighted by Gasteiger charge is 2.16. The Bertz CT molecular complexity index is 518. The van der Waals surface area contributed by atoms with Crippen molar-refractivity contribution >= 4 is 5.91 Å². The molecule has 0 aromatic carbocycles. The number of aromatic amines is 1. The molecule has 0 aliphatic carbocycles. The summed E-state index contributed by atoms with van der Waals surface area (Å²) in [6.07, 6.45) is 1.27. The molecule has 0 saturated carbocycles. The van der Waals surface area contributed by atoms with Gasteiger partial charge in [0.15, 0.2) is 0 Å². The fourth-order valence-electron chi connectivity index (χ4n) is 1.58. The molecule has 1 aromatic heterocycles. The van der Waals surface area contributed by atoms with Crippen molar-refractivity contribution in [3.63, 3.8) is 0 Å². The van der Waals surface area contributed by atoms with E-state index in [1.54, 1.807) is 0 Å². The van der Waals surface area contributed by atoms with E-state index in [1.165, 1.54) is 17.2 Å². The average molecular weight is 255 g/mol. The Morgan fingerprint density at radius 2 is 2.17 bits per heavy atom. The van der Waals surface area contributed by atoms with E-state index in [9.17, 15) is 14.4 Å². The summed E-state index contributed by atoms with van der Waals surface area (Å²) in [6.45, 7) is 3.57. The Balaban J connectivity index is 2.85. The number of amides is 1. The lowest BCUT2D eigenvalue weighted by Crippen LogP contribution is -2.43. The van der Waals surface area contributed by atoms with Gasteiger partial charge in [-0.2, -0.15) is 0 Å². The van der Waals surface area contributed by atoms with E-state index < -0.39 is 11.2 Å². The minimum absolute atomic E-state index is 0.0666. The van der Waals surface area contributed by atoms with Gasteiger partial charge in [0, 0.05) is 24.8 Å². The molecule has 0 radical (unpaired) electrons. The zero-order valence-electron chi connectivity index (χ0n) is 10.4. The van der Waals surface area contributed by atoms with E-state index in [4.69, 9.17) is 5.11 Å². The van der Waals surface area contributed by atoms with E-state index in [2.05, 4.69) is 4.98 Å². The van der Waals surface area contributed by atoms with Crippen molar-refractivity contribution in [1.29, 1.82) is 0 Å². The first kappa shape index (κ1) is 14.2. The number of aliphatic hydroxyl groups excluding tert-OH is 1. The fourth-order valence-corrected chi connectivity index (χ4v) is 1.58. The predicted molar refractivity (Wildman–Crippen MR) is 65.3 cm³/mol. The van der Waals surface area contributed by atoms with Crippen LogP contribution in [-0.4, -0.2) is 44.7 Å². The summed E-state index contributed by atoms with van der Waals surface area (Å²) in [7, 11) is 0. The number of hydrogen-bond acceptors (Lipinski definition) is 4. The molecule has 1 heterocycles. The third kappa shape index (κ3) is 3.56. The Hall–Kier alpha value is -1.89. The zero-order valence-corrected chi connectivity index (χ0v) is 10.4. The second-order valence-corrected chi connectivity index (χ2v) is 4.14. The van der Waals surface area contributed by atoms with Crippen LogP contribution in [0.15, 0.2) is 21.9 Å². The van der Waals surface area contributed by atoms with Crippen LogP contribution in [0.1, 0.15) is 13.8 Å². The number of rotatable bonds is 5. The standard InChI is InChI=1S/C11H17N3O4/c1-8(2)14(5-6-15)10(17)7-13-4-3-9(16)12-11(13)18/h3-4,8,15H,5-7H2,1-2H3,(H,12,16,18). The third-order valence-corrected chi connectivity index (χ3v) is 2.49. The van der Waals surface area contributed by atoms with Crippen LogP contribution in [0, 0.1) is 0 Å². The molecule has 18 heavy (non-hydrogen) atoms. The van der Waals surface area contributed by atoms with E-state index in [0.29, 0.717) is 0 Å². The van der Waals surface area contributed by atoms with Crippen LogP contribution in [-0.2, 0) is 11.3 Å². The number of nitrogens with zero attached hydrogens (tertiary/aromatic N) is 2. The maximum atomic E-state index is 11.9. The Labute approximate surface area is 104 Å². The lowest BCUT2D eigenvalue weighted by Gasteiger charge is -2.26. The quantitative estimate of drug-likeness (QED) is 0.688. The van der Waals surface area contributed by atoms with Crippen molar-refractivity contribution in [2.45, 2.75) is 26.4 Å². The van der Waals surface area contributed by atoms with Gasteiger partial charge in [-0.05, 0) is 13.8 Å². The molecular formula is C11H17N3O4. The number of H-pyrrole nitrogens is 1. The minimum Gasteiger partial charge on any atom is -0.395 e. The molecule has 1 rings (SSSR count). The molecule has 0 atom stereocenters. The van der Waals surface area contributed by atoms with Gasteiger partial charge in [-0.3, -0.25) is 19.1 Å². The Kier molecular flexibility index (Phi) is 4.85. The number of carbonyl (C=O) groups is 1. The van der Waals surface area contributed by atoms with Gasteiger partial charge in [-0.1, -0.05) is 0 Å². The van der Waals surface area contributed by atoms with E-state index >= 15 is 0 Å². The molecule has 7 nitrogen and oxygen atoms in total. The molecular weight excluding hydrogens is 238 g/mol. The molecule has 0 spiro atoms. The monoisotopic (exact) mass is 255 g/mol. The summed E-state index contributed by atoms with van der Waals surface area (Å²) >= 11 is 0. The molecule has 1 aromatic rings. The SMILES string of the molecule is CC(C)N(CCO)C(=O)Cn1ccc(=O)[nH]c1=O. The fraction of sp³-hybridized carbons (Fsp3) is 0.545.